The lowest BCUT2D eigenvalue weighted by Crippen LogP contribution is -2.50. The molecule has 25 heavy (non-hydrogen) atoms. The van der Waals surface area contributed by atoms with E-state index in [1.54, 1.807) is 17.9 Å². The molecule has 0 radical (unpaired) electrons. The van der Waals surface area contributed by atoms with E-state index >= 15 is 0 Å². The molecule has 3 rings (SSSR count). The van der Waals surface area contributed by atoms with Gasteiger partial charge in [0.15, 0.2) is 11.5 Å². The number of rotatable bonds is 1. The Balaban J connectivity index is 1.77. The first-order valence-electron chi connectivity index (χ1n) is 8.29. The van der Waals surface area contributed by atoms with E-state index in [2.05, 4.69) is 14.7 Å². The van der Waals surface area contributed by atoms with Crippen molar-refractivity contribution in [3.63, 3.8) is 0 Å². The van der Waals surface area contributed by atoms with Crippen LogP contribution in [0.15, 0.2) is 16.5 Å². The van der Waals surface area contributed by atoms with Crippen molar-refractivity contribution in [1.29, 1.82) is 0 Å². The average Bonchev–Trinajstić information content (AvgIpc) is 2.93. The third-order valence-corrected chi connectivity index (χ3v) is 4.00. The third-order valence-electron chi connectivity index (χ3n) is 4.00. The zero-order valence-corrected chi connectivity index (χ0v) is 15.0. The number of ether oxygens (including phenoxy) is 1. The zero-order valence-electron chi connectivity index (χ0n) is 15.0. The van der Waals surface area contributed by atoms with Crippen molar-refractivity contribution in [1.82, 2.24) is 9.88 Å². The third kappa shape index (κ3) is 3.53. The Hall–Kier alpha value is -2.75. The van der Waals surface area contributed by atoms with Gasteiger partial charge in [-0.2, -0.15) is 0 Å². The fourth-order valence-corrected chi connectivity index (χ4v) is 2.88. The molecule has 2 heterocycles. The van der Waals surface area contributed by atoms with Crippen LogP contribution in [0, 0.1) is 13.5 Å². The number of anilines is 1. The van der Waals surface area contributed by atoms with Crippen LogP contribution in [0.4, 0.5) is 16.2 Å². The number of hydrogen-bond donors (Lipinski definition) is 0. The maximum atomic E-state index is 12.2. The molecule has 0 unspecified atom stereocenters. The number of hydrogen-bond acceptors (Lipinski definition) is 5. The van der Waals surface area contributed by atoms with Crippen LogP contribution in [0.1, 0.15) is 26.7 Å². The van der Waals surface area contributed by atoms with E-state index in [9.17, 15) is 4.79 Å². The second kappa shape index (κ2) is 6.28. The molecule has 1 aliphatic rings. The molecular weight excluding hydrogens is 320 g/mol. The molecule has 1 saturated heterocycles. The molecule has 7 nitrogen and oxygen atoms in total. The molecular formula is C18H22N4O3. The molecule has 1 fully saturated rings. The minimum Gasteiger partial charge on any atom is -0.444 e. The highest BCUT2D eigenvalue weighted by atomic mass is 16.6. The molecule has 0 atom stereocenters. The lowest BCUT2D eigenvalue weighted by molar-refractivity contribution is 0.0240. The smallest absolute Gasteiger partial charge is 0.410 e. The number of fused-ring (bicyclic) bond motifs is 1. The van der Waals surface area contributed by atoms with Gasteiger partial charge in [-0.25, -0.2) is 14.6 Å². The van der Waals surface area contributed by atoms with Crippen molar-refractivity contribution in [2.45, 2.75) is 33.3 Å². The Morgan fingerprint density at radius 1 is 1.28 bits per heavy atom. The van der Waals surface area contributed by atoms with Crippen molar-refractivity contribution in [2.24, 2.45) is 0 Å². The number of aromatic nitrogens is 1. The molecule has 1 amide bonds. The molecule has 0 N–H and O–H groups in total. The first-order valence-corrected chi connectivity index (χ1v) is 8.29. The first-order chi connectivity index (χ1) is 11.8. The van der Waals surface area contributed by atoms with Crippen LogP contribution in [0.2, 0.25) is 0 Å². The van der Waals surface area contributed by atoms with E-state index < -0.39 is 5.60 Å². The van der Waals surface area contributed by atoms with Crippen LogP contribution < -0.4 is 4.90 Å². The largest absolute Gasteiger partial charge is 0.444 e. The summed E-state index contributed by atoms with van der Waals surface area (Å²) in [4.78, 5) is 23.9. The van der Waals surface area contributed by atoms with Gasteiger partial charge in [-0.05, 0) is 26.8 Å². The molecule has 0 aliphatic carbocycles. The van der Waals surface area contributed by atoms with Crippen molar-refractivity contribution in [3.05, 3.63) is 29.4 Å². The van der Waals surface area contributed by atoms with Crippen molar-refractivity contribution in [3.8, 4) is 0 Å². The summed E-state index contributed by atoms with van der Waals surface area (Å²) >= 11 is 0. The Morgan fingerprint density at radius 2 is 1.96 bits per heavy atom. The van der Waals surface area contributed by atoms with Crippen LogP contribution in [0.3, 0.4) is 0 Å². The number of oxazole rings is 1. The van der Waals surface area contributed by atoms with E-state index in [1.165, 1.54) is 0 Å². The van der Waals surface area contributed by atoms with E-state index in [0.717, 1.165) is 5.69 Å². The van der Waals surface area contributed by atoms with Crippen molar-refractivity contribution in [2.75, 3.05) is 31.1 Å². The van der Waals surface area contributed by atoms with E-state index in [4.69, 9.17) is 15.7 Å². The zero-order chi connectivity index (χ0) is 18.2. The molecule has 1 aromatic carbocycles. The molecule has 2 aromatic rings. The van der Waals surface area contributed by atoms with Gasteiger partial charge >= 0.3 is 6.09 Å². The highest BCUT2D eigenvalue weighted by Gasteiger charge is 2.27. The summed E-state index contributed by atoms with van der Waals surface area (Å²) in [5.74, 6) is 0.541. The Morgan fingerprint density at radius 3 is 2.56 bits per heavy atom. The number of amides is 1. The molecule has 1 aliphatic heterocycles. The van der Waals surface area contributed by atoms with Crippen LogP contribution >= 0.6 is 0 Å². The number of carbonyl (C=O) groups excluding carboxylic acids is 1. The predicted molar refractivity (Wildman–Crippen MR) is 95.0 cm³/mol. The molecule has 7 heteroatoms. The average molecular weight is 342 g/mol. The first kappa shape index (κ1) is 17.1. The van der Waals surface area contributed by atoms with Crippen molar-refractivity contribution < 1.29 is 13.9 Å². The fourth-order valence-electron chi connectivity index (χ4n) is 2.88. The minimum absolute atomic E-state index is 0.281. The van der Waals surface area contributed by atoms with Crippen LogP contribution in [0.5, 0.6) is 0 Å². The van der Waals surface area contributed by atoms with Gasteiger partial charge in [-0.3, -0.25) is 0 Å². The van der Waals surface area contributed by atoms with Crippen LogP contribution in [-0.2, 0) is 4.74 Å². The highest BCUT2D eigenvalue weighted by Crippen LogP contribution is 2.34. The normalized spacial score (nSPS) is 15.3. The van der Waals surface area contributed by atoms with Gasteiger partial charge in [0.05, 0.1) is 12.3 Å². The Kier molecular flexibility index (Phi) is 4.29. The fraction of sp³-hybridized carbons (Fsp3) is 0.500. The summed E-state index contributed by atoms with van der Waals surface area (Å²) in [6.07, 6.45) is -0.281. The summed E-state index contributed by atoms with van der Waals surface area (Å²) in [6, 6.07) is 3.66. The summed E-state index contributed by atoms with van der Waals surface area (Å²) in [5.41, 5.74) is 2.14. The lowest BCUT2D eigenvalue weighted by atomic mass is 10.2. The molecule has 0 bridgehead atoms. The van der Waals surface area contributed by atoms with Gasteiger partial charge in [0, 0.05) is 33.1 Å². The van der Waals surface area contributed by atoms with Crippen LogP contribution in [0.25, 0.3) is 15.9 Å². The number of carbonyl (C=O) groups is 1. The Labute approximate surface area is 147 Å². The monoisotopic (exact) mass is 342 g/mol. The maximum Gasteiger partial charge on any atom is 0.410 e. The molecule has 132 valence electrons. The second-order valence-corrected chi connectivity index (χ2v) is 7.08. The van der Waals surface area contributed by atoms with E-state index in [0.29, 0.717) is 48.9 Å². The molecule has 0 saturated carbocycles. The number of aryl methyl sites for hydroxylation is 1. The summed E-state index contributed by atoms with van der Waals surface area (Å²) < 4.78 is 11.2. The predicted octanol–water partition coefficient (Wildman–Crippen LogP) is 3.74. The summed E-state index contributed by atoms with van der Waals surface area (Å²) in [5, 5.41) is 0. The van der Waals surface area contributed by atoms with Gasteiger partial charge in [0.2, 0.25) is 5.69 Å². The topological polar surface area (TPSA) is 63.2 Å². The highest BCUT2D eigenvalue weighted by molar-refractivity contribution is 5.96. The van der Waals surface area contributed by atoms with Gasteiger partial charge in [-0.1, -0.05) is 6.07 Å². The van der Waals surface area contributed by atoms with Gasteiger partial charge in [0.25, 0.3) is 0 Å². The van der Waals surface area contributed by atoms with Crippen LogP contribution in [-0.4, -0.2) is 47.8 Å². The summed E-state index contributed by atoms with van der Waals surface area (Å²) in [6.45, 7) is 17.1. The quantitative estimate of drug-likeness (QED) is 0.739. The molecule has 0 spiro atoms. The minimum atomic E-state index is -0.493. The number of piperazine rings is 1. The van der Waals surface area contributed by atoms with Gasteiger partial charge in [0.1, 0.15) is 11.1 Å². The lowest BCUT2D eigenvalue weighted by Gasteiger charge is -2.36. The Bertz CT molecular complexity index is 836. The number of nitrogens with zero attached hydrogens (tertiary/aromatic N) is 4. The SMILES string of the molecule is [C-]#[N+]c1ccc(N2CCN(C(=O)OC(C)(C)C)CC2)c2oc(C)nc12. The van der Waals surface area contributed by atoms with Gasteiger partial charge in [-0.15, -0.1) is 0 Å². The number of benzene rings is 1. The van der Waals surface area contributed by atoms with E-state index in [1.807, 2.05) is 26.8 Å². The van der Waals surface area contributed by atoms with E-state index in [-0.39, 0.29) is 6.09 Å². The second-order valence-electron chi connectivity index (χ2n) is 7.08. The summed E-state index contributed by atoms with van der Waals surface area (Å²) in [7, 11) is 0. The standard InChI is InChI=1S/C18H22N4O3/c1-12-20-15-13(19-5)6-7-14(16(15)24-12)21-8-10-22(11-9-21)17(23)25-18(2,3)4/h6-7H,8-11H2,1-4H3. The molecule has 1 aromatic heterocycles. The maximum absolute atomic E-state index is 12.2. The van der Waals surface area contributed by atoms with Crippen molar-refractivity contribution >= 4 is 28.6 Å². The van der Waals surface area contributed by atoms with Gasteiger partial charge < -0.3 is 19.0 Å².